The lowest BCUT2D eigenvalue weighted by Crippen LogP contribution is -2.50. The van der Waals surface area contributed by atoms with Crippen LogP contribution >= 0.6 is 0 Å². The molecule has 0 spiro atoms. The molecule has 6 N–H and O–H groups in total. The van der Waals surface area contributed by atoms with Crippen molar-refractivity contribution in [1.82, 2.24) is 5.32 Å². The molecule has 0 aromatic carbocycles. The van der Waals surface area contributed by atoms with Gasteiger partial charge in [0.15, 0.2) is 0 Å². The van der Waals surface area contributed by atoms with E-state index >= 15 is 0 Å². The van der Waals surface area contributed by atoms with Gasteiger partial charge >= 0.3 is 0 Å². The van der Waals surface area contributed by atoms with Crippen LogP contribution in [0.5, 0.6) is 0 Å². The van der Waals surface area contributed by atoms with Crippen LogP contribution in [0.3, 0.4) is 0 Å². The molecule has 6 nitrogen and oxygen atoms in total. The van der Waals surface area contributed by atoms with Gasteiger partial charge in [0.05, 0.1) is 12.0 Å². The van der Waals surface area contributed by atoms with Crippen LogP contribution in [0.2, 0.25) is 0 Å². The molecule has 0 aromatic heterocycles. The summed E-state index contributed by atoms with van der Waals surface area (Å²) >= 11 is 0. The Hall–Kier alpha value is -1.14. The Morgan fingerprint density at radius 3 is 2.69 bits per heavy atom. The summed E-state index contributed by atoms with van der Waals surface area (Å²) < 4.78 is 0. The van der Waals surface area contributed by atoms with E-state index in [1.54, 1.807) is 6.92 Å². The van der Waals surface area contributed by atoms with E-state index in [4.69, 9.17) is 16.6 Å². The molecule has 0 saturated heterocycles. The summed E-state index contributed by atoms with van der Waals surface area (Å²) in [6.45, 7) is 1.65. The first-order chi connectivity index (χ1) is 7.38. The molecule has 1 aliphatic rings. The fourth-order valence-corrected chi connectivity index (χ4v) is 1.97. The average molecular weight is 229 g/mol. The SMILES string of the molecule is CC1(C(=O)NCC(O)C(N)=O)CCCC1N. The van der Waals surface area contributed by atoms with Crippen LogP contribution in [-0.4, -0.2) is 35.6 Å². The van der Waals surface area contributed by atoms with Crippen molar-refractivity contribution in [1.29, 1.82) is 0 Å². The molecule has 0 radical (unpaired) electrons. The first-order valence-electron chi connectivity index (χ1n) is 5.39. The van der Waals surface area contributed by atoms with Gasteiger partial charge in [-0.05, 0) is 19.8 Å². The molecule has 16 heavy (non-hydrogen) atoms. The van der Waals surface area contributed by atoms with Crippen molar-refractivity contribution in [2.24, 2.45) is 16.9 Å². The Morgan fingerprint density at radius 1 is 1.62 bits per heavy atom. The molecular formula is C10H19N3O3. The van der Waals surface area contributed by atoms with Gasteiger partial charge in [0.25, 0.3) is 0 Å². The molecule has 3 atom stereocenters. The molecule has 0 aliphatic heterocycles. The van der Waals surface area contributed by atoms with Crippen LogP contribution < -0.4 is 16.8 Å². The van der Waals surface area contributed by atoms with E-state index in [0.29, 0.717) is 0 Å². The topological polar surface area (TPSA) is 118 Å². The number of aliphatic hydroxyl groups is 1. The summed E-state index contributed by atoms with van der Waals surface area (Å²) in [4.78, 5) is 22.4. The van der Waals surface area contributed by atoms with Crippen LogP contribution in [0.4, 0.5) is 0 Å². The maximum absolute atomic E-state index is 11.9. The molecule has 1 rings (SSSR count). The number of hydrogen-bond acceptors (Lipinski definition) is 4. The van der Waals surface area contributed by atoms with Crippen molar-refractivity contribution in [3.8, 4) is 0 Å². The monoisotopic (exact) mass is 229 g/mol. The number of rotatable bonds is 4. The van der Waals surface area contributed by atoms with Crippen molar-refractivity contribution < 1.29 is 14.7 Å². The molecule has 92 valence electrons. The second-order valence-electron chi connectivity index (χ2n) is 4.54. The lowest BCUT2D eigenvalue weighted by Gasteiger charge is -2.27. The highest BCUT2D eigenvalue weighted by molar-refractivity contribution is 5.85. The van der Waals surface area contributed by atoms with Gasteiger partial charge in [0.1, 0.15) is 6.10 Å². The van der Waals surface area contributed by atoms with Crippen molar-refractivity contribution in [2.75, 3.05) is 6.54 Å². The van der Waals surface area contributed by atoms with E-state index in [0.717, 1.165) is 19.3 Å². The van der Waals surface area contributed by atoms with Gasteiger partial charge in [-0.25, -0.2) is 0 Å². The number of carbonyl (C=O) groups is 2. The molecule has 2 amide bonds. The van der Waals surface area contributed by atoms with E-state index < -0.39 is 17.4 Å². The quantitative estimate of drug-likeness (QED) is 0.467. The van der Waals surface area contributed by atoms with Crippen LogP contribution in [0.15, 0.2) is 0 Å². The summed E-state index contributed by atoms with van der Waals surface area (Å²) in [5.41, 5.74) is 10.1. The Morgan fingerprint density at radius 2 is 2.25 bits per heavy atom. The van der Waals surface area contributed by atoms with Gasteiger partial charge in [-0.15, -0.1) is 0 Å². The molecule has 1 fully saturated rings. The zero-order chi connectivity index (χ0) is 12.3. The number of hydrogen-bond donors (Lipinski definition) is 4. The van der Waals surface area contributed by atoms with Gasteiger partial charge in [0.2, 0.25) is 11.8 Å². The normalized spacial score (nSPS) is 31.1. The number of nitrogens with one attached hydrogen (secondary N) is 1. The summed E-state index contributed by atoms with van der Waals surface area (Å²) in [6, 6.07) is -0.168. The first kappa shape index (κ1) is 12.9. The van der Waals surface area contributed by atoms with Gasteiger partial charge in [0, 0.05) is 6.04 Å². The highest BCUT2D eigenvalue weighted by Gasteiger charge is 2.42. The first-order valence-corrected chi connectivity index (χ1v) is 5.39. The smallest absolute Gasteiger partial charge is 0.248 e. The van der Waals surface area contributed by atoms with Crippen molar-refractivity contribution in [3.63, 3.8) is 0 Å². The standard InChI is InChI=1S/C10H19N3O3/c1-10(4-2-3-7(10)11)9(16)13-5-6(14)8(12)15/h6-7,14H,2-5,11H2,1H3,(H2,12,15)(H,13,16). The third kappa shape index (κ3) is 2.51. The van der Waals surface area contributed by atoms with Crippen molar-refractivity contribution >= 4 is 11.8 Å². The van der Waals surface area contributed by atoms with Gasteiger partial charge in [-0.3, -0.25) is 9.59 Å². The fourth-order valence-electron chi connectivity index (χ4n) is 1.97. The van der Waals surface area contributed by atoms with Gasteiger partial charge < -0.3 is 21.9 Å². The van der Waals surface area contributed by atoms with Crippen molar-refractivity contribution in [3.05, 3.63) is 0 Å². The number of primary amides is 1. The lowest BCUT2D eigenvalue weighted by molar-refractivity contribution is -0.132. The Kier molecular flexibility index (Phi) is 3.88. The zero-order valence-corrected chi connectivity index (χ0v) is 9.40. The van der Waals surface area contributed by atoms with Crippen LogP contribution in [0, 0.1) is 5.41 Å². The van der Waals surface area contributed by atoms with E-state index in [2.05, 4.69) is 5.32 Å². The predicted molar refractivity (Wildman–Crippen MR) is 58.1 cm³/mol. The summed E-state index contributed by atoms with van der Waals surface area (Å²) in [7, 11) is 0. The highest BCUT2D eigenvalue weighted by Crippen LogP contribution is 2.36. The average Bonchev–Trinajstić information content (AvgIpc) is 2.56. The fraction of sp³-hybridized carbons (Fsp3) is 0.800. The zero-order valence-electron chi connectivity index (χ0n) is 9.40. The number of amides is 2. The minimum atomic E-state index is -1.34. The summed E-state index contributed by atoms with van der Waals surface area (Å²) in [6.07, 6.45) is 1.13. The third-order valence-corrected chi connectivity index (χ3v) is 3.33. The van der Waals surface area contributed by atoms with Crippen LogP contribution in [0.1, 0.15) is 26.2 Å². The van der Waals surface area contributed by atoms with Gasteiger partial charge in [-0.2, -0.15) is 0 Å². The second-order valence-corrected chi connectivity index (χ2v) is 4.54. The molecule has 1 saturated carbocycles. The Labute approximate surface area is 94.4 Å². The van der Waals surface area contributed by atoms with E-state index in [-0.39, 0.29) is 18.5 Å². The Balaban J connectivity index is 2.49. The maximum atomic E-state index is 11.9. The molecule has 6 heteroatoms. The highest BCUT2D eigenvalue weighted by atomic mass is 16.3. The number of carbonyl (C=O) groups excluding carboxylic acids is 2. The predicted octanol–water partition coefficient (Wildman–Crippen LogP) is -1.53. The number of aliphatic hydroxyl groups excluding tert-OH is 1. The summed E-state index contributed by atoms with van der Waals surface area (Å²) in [5, 5.41) is 11.7. The van der Waals surface area contributed by atoms with Crippen LogP contribution in [-0.2, 0) is 9.59 Å². The van der Waals surface area contributed by atoms with E-state index in [1.807, 2.05) is 0 Å². The molecule has 1 aliphatic carbocycles. The lowest BCUT2D eigenvalue weighted by atomic mass is 9.84. The third-order valence-electron chi connectivity index (χ3n) is 3.33. The molecule has 3 unspecified atom stereocenters. The van der Waals surface area contributed by atoms with E-state index in [9.17, 15) is 9.59 Å². The molecular weight excluding hydrogens is 210 g/mol. The second kappa shape index (κ2) is 4.80. The minimum Gasteiger partial charge on any atom is -0.381 e. The molecule has 0 bridgehead atoms. The largest absolute Gasteiger partial charge is 0.381 e. The molecule has 0 heterocycles. The maximum Gasteiger partial charge on any atom is 0.248 e. The van der Waals surface area contributed by atoms with Gasteiger partial charge in [-0.1, -0.05) is 6.42 Å². The molecule has 0 aromatic rings. The van der Waals surface area contributed by atoms with E-state index in [1.165, 1.54) is 0 Å². The number of nitrogens with two attached hydrogens (primary N) is 2. The Bertz CT molecular complexity index is 295. The van der Waals surface area contributed by atoms with Crippen molar-refractivity contribution in [2.45, 2.75) is 38.3 Å². The summed E-state index contributed by atoms with van der Waals surface area (Å²) in [5.74, 6) is -1.07. The minimum absolute atomic E-state index is 0.156. The van der Waals surface area contributed by atoms with Crippen LogP contribution in [0.25, 0.3) is 0 Å².